The van der Waals surface area contributed by atoms with Gasteiger partial charge in [0.05, 0.1) is 6.61 Å². The van der Waals surface area contributed by atoms with Crippen LogP contribution in [0.25, 0.3) is 0 Å². The maximum absolute atomic E-state index is 12.3. The lowest BCUT2D eigenvalue weighted by atomic mass is 10.3. The minimum atomic E-state index is -4.18. The summed E-state index contributed by atoms with van der Waals surface area (Å²) in [6, 6.07) is 7.46. The van der Waals surface area contributed by atoms with E-state index >= 15 is 0 Å². The van der Waals surface area contributed by atoms with Gasteiger partial charge >= 0.3 is 16.7 Å². The molecule has 0 saturated carbocycles. The smallest absolute Gasteiger partial charge is 0.387 e. The van der Waals surface area contributed by atoms with Crippen molar-refractivity contribution in [1.29, 1.82) is 0 Å². The minimum Gasteiger partial charge on any atom is -0.477 e. The normalized spacial score (nSPS) is 11.3. The molecule has 23 heavy (non-hydrogen) atoms. The Morgan fingerprint density at radius 2 is 1.78 bits per heavy atom. The Kier molecular flexibility index (Phi) is 5.32. The van der Waals surface area contributed by atoms with Crippen molar-refractivity contribution in [3.8, 4) is 17.4 Å². The Morgan fingerprint density at radius 3 is 2.39 bits per heavy atom. The van der Waals surface area contributed by atoms with Crippen LogP contribution < -0.4 is 13.7 Å². The summed E-state index contributed by atoms with van der Waals surface area (Å²) in [5.74, 6) is -0.244. The number of nitrogens with zero attached hydrogens (tertiary/aromatic N) is 1. The van der Waals surface area contributed by atoms with Gasteiger partial charge in [-0.3, -0.25) is 0 Å². The summed E-state index contributed by atoms with van der Waals surface area (Å²) in [6.07, 6.45) is 1.39. The van der Waals surface area contributed by atoms with E-state index in [2.05, 4.69) is 9.72 Å². The van der Waals surface area contributed by atoms with Gasteiger partial charge in [0.15, 0.2) is 4.90 Å². The van der Waals surface area contributed by atoms with Crippen molar-refractivity contribution >= 4 is 10.1 Å². The third-order valence-electron chi connectivity index (χ3n) is 2.54. The molecule has 0 fully saturated rings. The van der Waals surface area contributed by atoms with Gasteiger partial charge in [-0.1, -0.05) is 0 Å². The van der Waals surface area contributed by atoms with Crippen LogP contribution in [-0.2, 0) is 10.1 Å². The molecule has 0 saturated heterocycles. The van der Waals surface area contributed by atoms with Crippen molar-refractivity contribution in [3.05, 3.63) is 42.6 Å². The van der Waals surface area contributed by atoms with Crippen LogP contribution in [0.2, 0.25) is 0 Å². The van der Waals surface area contributed by atoms with Gasteiger partial charge in [0.1, 0.15) is 11.5 Å². The molecule has 0 bridgehead atoms. The van der Waals surface area contributed by atoms with Crippen LogP contribution in [0.5, 0.6) is 17.4 Å². The van der Waals surface area contributed by atoms with Gasteiger partial charge in [-0.25, -0.2) is 4.98 Å². The van der Waals surface area contributed by atoms with Crippen molar-refractivity contribution in [1.82, 2.24) is 4.98 Å². The summed E-state index contributed by atoms with van der Waals surface area (Å²) in [5, 5.41) is 0. The summed E-state index contributed by atoms with van der Waals surface area (Å²) in [7, 11) is -4.18. The van der Waals surface area contributed by atoms with E-state index < -0.39 is 16.7 Å². The highest BCUT2D eigenvalue weighted by molar-refractivity contribution is 7.87. The second kappa shape index (κ2) is 7.23. The van der Waals surface area contributed by atoms with Gasteiger partial charge in [0, 0.05) is 6.20 Å². The number of hydrogen-bond acceptors (Lipinski definition) is 6. The third-order valence-corrected chi connectivity index (χ3v) is 3.80. The first-order chi connectivity index (χ1) is 10.9. The van der Waals surface area contributed by atoms with Crippen LogP contribution in [0.3, 0.4) is 0 Å². The lowest BCUT2D eigenvalue weighted by Crippen LogP contribution is -2.12. The number of pyridine rings is 1. The minimum absolute atomic E-state index is 0.0575. The number of halogens is 2. The molecular formula is C14H13F2NO5S. The molecule has 0 N–H and O–H groups in total. The molecule has 0 aliphatic rings. The van der Waals surface area contributed by atoms with Gasteiger partial charge in [-0.05, 0) is 43.3 Å². The highest BCUT2D eigenvalue weighted by Crippen LogP contribution is 2.26. The molecule has 0 unspecified atom stereocenters. The first-order valence-corrected chi connectivity index (χ1v) is 7.90. The molecule has 2 aromatic rings. The number of rotatable bonds is 7. The second-order valence-corrected chi connectivity index (χ2v) is 5.64. The molecule has 0 radical (unpaired) electrons. The molecule has 0 aliphatic carbocycles. The van der Waals surface area contributed by atoms with Crippen LogP contribution >= 0.6 is 0 Å². The largest absolute Gasteiger partial charge is 0.477 e. The average molecular weight is 345 g/mol. The maximum Gasteiger partial charge on any atom is 0.387 e. The lowest BCUT2D eigenvalue weighted by Gasteiger charge is -2.11. The van der Waals surface area contributed by atoms with Crippen LogP contribution in [-0.4, -0.2) is 26.6 Å². The molecule has 1 aromatic heterocycles. The second-order valence-electron chi connectivity index (χ2n) is 4.13. The molecule has 124 valence electrons. The van der Waals surface area contributed by atoms with E-state index in [-0.39, 0.29) is 28.9 Å². The molecule has 9 heteroatoms. The number of aromatic nitrogens is 1. The van der Waals surface area contributed by atoms with Gasteiger partial charge in [0.25, 0.3) is 0 Å². The molecular weight excluding hydrogens is 332 g/mol. The van der Waals surface area contributed by atoms with E-state index in [1.54, 1.807) is 6.92 Å². The zero-order valence-electron chi connectivity index (χ0n) is 12.0. The molecule has 1 aromatic carbocycles. The fraction of sp³-hybridized carbons (Fsp3) is 0.214. The molecule has 0 spiro atoms. The number of hydrogen-bond donors (Lipinski definition) is 0. The summed E-state index contributed by atoms with van der Waals surface area (Å²) in [4.78, 5) is 3.61. The van der Waals surface area contributed by atoms with Crippen LogP contribution in [0.15, 0.2) is 47.5 Å². The third kappa shape index (κ3) is 4.52. The summed E-state index contributed by atoms with van der Waals surface area (Å²) in [5.41, 5.74) is 0. The predicted molar refractivity (Wildman–Crippen MR) is 76.3 cm³/mol. The van der Waals surface area contributed by atoms with E-state index in [4.69, 9.17) is 8.92 Å². The monoisotopic (exact) mass is 345 g/mol. The quantitative estimate of drug-likeness (QED) is 0.719. The van der Waals surface area contributed by atoms with E-state index in [0.29, 0.717) is 0 Å². The van der Waals surface area contributed by atoms with Crippen molar-refractivity contribution in [2.45, 2.75) is 18.4 Å². The standard InChI is InChI=1S/C14H13F2NO5S/c1-2-20-13-12(4-3-9-17-13)23(18,19)22-11-7-5-10(6-8-11)21-14(15)16/h3-9,14H,2H2,1H3. The SMILES string of the molecule is CCOc1ncccc1S(=O)(=O)Oc1ccc(OC(F)F)cc1. The van der Waals surface area contributed by atoms with E-state index in [0.717, 1.165) is 0 Å². The fourth-order valence-electron chi connectivity index (χ4n) is 1.66. The average Bonchev–Trinajstić information content (AvgIpc) is 2.49. The van der Waals surface area contributed by atoms with Gasteiger partial charge < -0.3 is 13.7 Å². The van der Waals surface area contributed by atoms with Crippen molar-refractivity contribution < 1.29 is 30.9 Å². The maximum atomic E-state index is 12.3. The Hall–Kier alpha value is -2.42. The summed E-state index contributed by atoms with van der Waals surface area (Å²) in [6.45, 7) is -1.04. The zero-order chi connectivity index (χ0) is 16.9. The summed E-state index contributed by atoms with van der Waals surface area (Å²) < 4.78 is 62.9. The molecule has 0 atom stereocenters. The van der Waals surface area contributed by atoms with Crippen molar-refractivity contribution in [2.75, 3.05) is 6.61 Å². The fourth-order valence-corrected chi connectivity index (χ4v) is 2.68. The van der Waals surface area contributed by atoms with Gasteiger partial charge in [-0.2, -0.15) is 17.2 Å². The van der Waals surface area contributed by atoms with E-state index in [9.17, 15) is 17.2 Å². The first-order valence-electron chi connectivity index (χ1n) is 6.49. The molecule has 0 aliphatic heterocycles. The van der Waals surface area contributed by atoms with Crippen molar-refractivity contribution in [2.24, 2.45) is 0 Å². The Labute approximate surface area is 131 Å². The predicted octanol–water partition coefficient (Wildman–Crippen LogP) is 2.85. The summed E-state index contributed by atoms with van der Waals surface area (Å²) >= 11 is 0. The Morgan fingerprint density at radius 1 is 1.13 bits per heavy atom. The molecule has 0 amide bonds. The van der Waals surface area contributed by atoms with E-state index in [1.807, 2.05) is 0 Å². The topological polar surface area (TPSA) is 74.7 Å². The number of ether oxygens (including phenoxy) is 2. The lowest BCUT2D eigenvalue weighted by molar-refractivity contribution is -0.0498. The van der Waals surface area contributed by atoms with Gasteiger partial charge in [-0.15, -0.1) is 0 Å². The highest BCUT2D eigenvalue weighted by atomic mass is 32.2. The zero-order valence-corrected chi connectivity index (χ0v) is 12.8. The van der Waals surface area contributed by atoms with Gasteiger partial charge in [0.2, 0.25) is 5.88 Å². The molecule has 1 heterocycles. The Bertz CT molecular complexity index is 750. The number of alkyl halides is 2. The molecule has 2 rings (SSSR count). The van der Waals surface area contributed by atoms with Crippen molar-refractivity contribution in [3.63, 3.8) is 0 Å². The first kappa shape index (κ1) is 16.9. The van der Waals surface area contributed by atoms with E-state index in [1.165, 1.54) is 42.6 Å². The van der Waals surface area contributed by atoms with Crippen LogP contribution in [0, 0.1) is 0 Å². The number of benzene rings is 1. The van der Waals surface area contributed by atoms with Crippen LogP contribution in [0.1, 0.15) is 6.92 Å². The highest BCUT2D eigenvalue weighted by Gasteiger charge is 2.23. The van der Waals surface area contributed by atoms with Crippen LogP contribution in [0.4, 0.5) is 8.78 Å². The molecule has 6 nitrogen and oxygen atoms in total. The Balaban J connectivity index is 2.21.